The Labute approximate surface area is 76.1 Å². The van der Waals surface area contributed by atoms with Crippen LogP contribution in [0.4, 0.5) is 0 Å². The number of aliphatic hydroxyl groups is 1. The van der Waals surface area contributed by atoms with Crippen molar-refractivity contribution in [1.29, 1.82) is 0 Å². The highest BCUT2D eigenvalue weighted by Gasteiger charge is 1.82. The highest BCUT2D eigenvalue weighted by molar-refractivity contribution is 5.21. The lowest BCUT2D eigenvalue weighted by Crippen LogP contribution is -1.73. The Morgan fingerprint density at radius 3 is 2.17 bits per heavy atom. The first-order valence-corrected chi connectivity index (χ1v) is 4.41. The molecule has 1 heteroatoms. The second-order valence-corrected chi connectivity index (χ2v) is 2.06. The maximum absolute atomic E-state index is 8.94. The van der Waals surface area contributed by atoms with Crippen molar-refractivity contribution in [2.75, 3.05) is 0 Å². The molecule has 0 aromatic rings. The summed E-state index contributed by atoms with van der Waals surface area (Å²) in [5, 5.41) is 8.94. The quantitative estimate of drug-likeness (QED) is 0.499. The van der Waals surface area contributed by atoms with Crippen LogP contribution < -0.4 is 0 Å². The fourth-order valence-corrected chi connectivity index (χ4v) is 0.417. The SMILES string of the molecule is C=C(/C=C\C(O)=C/C)CC.CC. The second-order valence-electron chi connectivity index (χ2n) is 2.06. The summed E-state index contributed by atoms with van der Waals surface area (Å²) in [7, 11) is 0. The fourth-order valence-electron chi connectivity index (χ4n) is 0.417. The monoisotopic (exact) mass is 168 g/mol. The minimum atomic E-state index is 0.287. The Balaban J connectivity index is 0. The van der Waals surface area contributed by atoms with Gasteiger partial charge in [-0.1, -0.05) is 39.0 Å². The minimum absolute atomic E-state index is 0.287. The second kappa shape index (κ2) is 10.0. The van der Waals surface area contributed by atoms with Crippen LogP contribution >= 0.6 is 0 Å². The molecule has 70 valence electrons. The van der Waals surface area contributed by atoms with E-state index in [0.29, 0.717) is 0 Å². The van der Waals surface area contributed by atoms with Gasteiger partial charge >= 0.3 is 0 Å². The molecule has 1 N–H and O–H groups in total. The largest absolute Gasteiger partial charge is 0.508 e. The Bertz CT molecular complexity index is 164. The third-order valence-electron chi connectivity index (χ3n) is 1.24. The molecule has 0 rings (SSSR count). The van der Waals surface area contributed by atoms with Crippen molar-refractivity contribution in [3.63, 3.8) is 0 Å². The topological polar surface area (TPSA) is 20.2 Å². The molecule has 0 heterocycles. The van der Waals surface area contributed by atoms with E-state index >= 15 is 0 Å². The molecule has 12 heavy (non-hydrogen) atoms. The van der Waals surface area contributed by atoms with Crippen LogP contribution in [0.2, 0.25) is 0 Å². The summed E-state index contributed by atoms with van der Waals surface area (Å²) in [4.78, 5) is 0. The van der Waals surface area contributed by atoms with Crippen molar-refractivity contribution < 1.29 is 5.11 Å². The van der Waals surface area contributed by atoms with Crippen molar-refractivity contribution in [3.8, 4) is 0 Å². The van der Waals surface area contributed by atoms with Gasteiger partial charge in [0.2, 0.25) is 0 Å². The molecule has 0 atom stereocenters. The van der Waals surface area contributed by atoms with E-state index in [-0.39, 0.29) is 5.76 Å². The van der Waals surface area contributed by atoms with E-state index in [0.717, 1.165) is 12.0 Å². The molecule has 0 fully saturated rings. The summed E-state index contributed by atoms with van der Waals surface area (Å²) in [6.07, 6.45) is 6.02. The Kier molecular flexibility index (Phi) is 11.4. The molecule has 0 saturated heterocycles. The van der Waals surface area contributed by atoms with Gasteiger partial charge in [0, 0.05) is 0 Å². The summed E-state index contributed by atoms with van der Waals surface area (Å²) in [6, 6.07) is 0. The fraction of sp³-hybridized carbons (Fsp3) is 0.455. The zero-order chi connectivity index (χ0) is 9.98. The van der Waals surface area contributed by atoms with E-state index in [1.54, 1.807) is 19.1 Å². The van der Waals surface area contributed by atoms with Crippen LogP contribution in [0.15, 0.2) is 36.1 Å². The highest BCUT2D eigenvalue weighted by atomic mass is 16.3. The van der Waals surface area contributed by atoms with Crippen molar-refractivity contribution in [2.24, 2.45) is 0 Å². The highest BCUT2D eigenvalue weighted by Crippen LogP contribution is 2.00. The minimum Gasteiger partial charge on any atom is -0.508 e. The molecule has 0 unspecified atom stereocenters. The van der Waals surface area contributed by atoms with Gasteiger partial charge in [0.1, 0.15) is 5.76 Å². The first-order chi connectivity index (χ1) is 5.70. The Hall–Kier alpha value is -0.980. The van der Waals surface area contributed by atoms with Crippen LogP contribution in [0.3, 0.4) is 0 Å². The third kappa shape index (κ3) is 9.02. The summed E-state index contributed by atoms with van der Waals surface area (Å²) in [5.74, 6) is 0.287. The number of hydrogen-bond acceptors (Lipinski definition) is 1. The van der Waals surface area contributed by atoms with Gasteiger partial charge in [0.15, 0.2) is 0 Å². The van der Waals surface area contributed by atoms with Crippen LogP contribution in [0.1, 0.15) is 34.1 Å². The zero-order valence-electron chi connectivity index (χ0n) is 8.59. The van der Waals surface area contributed by atoms with E-state index in [9.17, 15) is 0 Å². The van der Waals surface area contributed by atoms with Crippen molar-refractivity contribution in [1.82, 2.24) is 0 Å². The maximum atomic E-state index is 8.94. The molecule has 0 radical (unpaired) electrons. The smallest absolute Gasteiger partial charge is 0.111 e. The molecular weight excluding hydrogens is 148 g/mol. The Morgan fingerprint density at radius 1 is 1.33 bits per heavy atom. The lowest BCUT2D eigenvalue weighted by Gasteiger charge is -1.90. The van der Waals surface area contributed by atoms with Gasteiger partial charge in [-0.3, -0.25) is 0 Å². The predicted molar refractivity (Wildman–Crippen MR) is 56.3 cm³/mol. The van der Waals surface area contributed by atoms with Gasteiger partial charge in [-0.2, -0.15) is 0 Å². The molecule has 0 aromatic heterocycles. The molecule has 0 aliphatic heterocycles. The summed E-state index contributed by atoms with van der Waals surface area (Å²) >= 11 is 0. The average molecular weight is 168 g/mol. The van der Waals surface area contributed by atoms with Crippen LogP contribution in [0.5, 0.6) is 0 Å². The van der Waals surface area contributed by atoms with E-state index in [1.165, 1.54) is 0 Å². The zero-order valence-corrected chi connectivity index (χ0v) is 8.59. The van der Waals surface area contributed by atoms with Gasteiger partial charge < -0.3 is 5.11 Å². The van der Waals surface area contributed by atoms with Crippen LogP contribution in [-0.2, 0) is 0 Å². The lowest BCUT2D eigenvalue weighted by atomic mass is 10.2. The molecule has 0 aliphatic carbocycles. The first kappa shape index (κ1) is 13.6. The van der Waals surface area contributed by atoms with E-state index < -0.39 is 0 Å². The van der Waals surface area contributed by atoms with E-state index in [4.69, 9.17) is 5.11 Å². The van der Waals surface area contributed by atoms with Crippen molar-refractivity contribution in [3.05, 3.63) is 36.1 Å². The van der Waals surface area contributed by atoms with Gasteiger partial charge in [-0.15, -0.1) is 0 Å². The molecule has 0 spiro atoms. The third-order valence-corrected chi connectivity index (χ3v) is 1.24. The molecule has 0 aromatic carbocycles. The van der Waals surface area contributed by atoms with Gasteiger partial charge in [0.05, 0.1) is 0 Å². The molecule has 0 aliphatic rings. The van der Waals surface area contributed by atoms with E-state index in [1.807, 2.05) is 26.8 Å². The van der Waals surface area contributed by atoms with Crippen molar-refractivity contribution >= 4 is 0 Å². The maximum Gasteiger partial charge on any atom is 0.111 e. The van der Waals surface area contributed by atoms with Gasteiger partial charge in [-0.25, -0.2) is 0 Å². The normalized spacial score (nSPS) is 10.8. The molecule has 0 bridgehead atoms. The molecule has 0 amide bonds. The van der Waals surface area contributed by atoms with Crippen LogP contribution in [0.25, 0.3) is 0 Å². The van der Waals surface area contributed by atoms with Crippen molar-refractivity contribution in [2.45, 2.75) is 34.1 Å². The summed E-state index contributed by atoms with van der Waals surface area (Å²) in [6.45, 7) is 11.6. The number of aliphatic hydroxyl groups excluding tert-OH is 1. The van der Waals surface area contributed by atoms with E-state index in [2.05, 4.69) is 6.58 Å². The summed E-state index contributed by atoms with van der Waals surface area (Å²) < 4.78 is 0. The number of rotatable bonds is 3. The standard InChI is InChI=1S/C9H14O.C2H6/c1-4-8(3)6-7-9(10)5-2;1-2/h5-7,10H,3-4H2,1-2H3;1-2H3/b7-6-,9-5+;. The Morgan fingerprint density at radius 2 is 1.83 bits per heavy atom. The lowest BCUT2D eigenvalue weighted by molar-refractivity contribution is 0.431. The first-order valence-electron chi connectivity index (χ1n) is 4.41. The van der Waals surface area contributed by atoms with Gasteiger partial charge in [0.25, 0.3) is 0 Å². The summed E-state index contributed by atoms with van der Waals surface area (Å²) in [5.41, 5.74) is 1.02. The molecule has 1 nitrogen and oxygen atoms in total. The molecule has 0 saturated carbocycles. The van der Waals surface area contributed by atoms with Crippen LogP contribution in [0, 0.1) is 0 Å². The molecular formula is C11H20O. The predicted octanol–water partition coefficient (Wildman–Crippen LogP) is 4.00. The van der Waals surface area contributed by atoms with Crippen LogP contribution in [-0.4, -0.2) is 5.11 Å². The van der Waals surface area contributed by atoms with Gasteiger partial charge in [-0.05, 0) is 25.5 Å². The number of hydrogen-bond donors (Lipinski definition) is 1. The average Bonchev–Trinajstić information content (AvgIpc) is 2.16. The number of allylic oxidation sites excluding steroid dienone is 4.